The molecule has 0 fully saturated rings. The minimum atomic E-state index is -1.15. The lowest BCUT2D eigenvalue weighted by Crippen LogP contribution is -2.14. The first kappa shape index (κ1) is 18.0. The SMILES string of the molecule is Cc1ccc(O)c(C(=O)Nc2scc(-c3ccc(Cl)cc3)c2C(=O)O)c1. The fourth-order valence-corrected chi connectivity index (χ4v) is 3.59. The van der Waals surface area contributed by atoms with Crippen molar-refractivity contribution in [1.82, 2.24) is 0 Å². The minimum absolute atomic E-state index is 0.00202. The summed E-state index contributed by atoms with van der Waals surface area (Å²) in [4.78, 5) is 24.2. The quantitative estimate of drug-likeness (QED) is 0.585. The molecule has 3 rings (SSSR count). The number of aryl methyl sites for hydroxylation is 1. The van der Waals surface area contributed by atoms with E-state index in [1.165, 1.54) is 6.07 Å². The first-order chi connectivity index (χ1) is 12.4. The number of nitrogens with one attached hydrogen (secondary N) is 1. The predicted molar refractivity (Wildman–Crippen MR) is 103 cm³/mol. The number of carboxylic acids is 1. The van der Waals surface area contributed by atoms with Crippen molar-refractivity contribution >= 4 is 39.8 Å². The second-order valence-corrected chi connectivity index (χ2v) is 6.96. The Morgan fingerprint density at radius 1 is 1.12 bits per heavy atom. The van der Waals surface area contributed by atoms with E-state index in [1.54, 1.807) is 48.7 Å². The van der Waals surface area contributed by atoms with Gasteiger partial charge in [-0.3, -0.25) is 4.79 Å². The highest BCUT2D eigenvalue weighted by Gasteiger charge is 2.22. The molecule has 0 spiro atoms. The Morgan fingerprint density at radius 3 is 2.46 bits per heavy atom. The second kappa shape index (κ2) is 7.19. The standard InChI is InChI=1S/C19H14ClNO4S/c1-10-2-7-15(22)13(8-10)17(23)21-18-16(19(24)25)14(9-26-18)11-3-5-12(20)6-4-11/h2-9,22H,1H3,(H,21,23)(H,24,25). The van der Waals surface area contributed by atoms with Gasteiger partial charge in [0.25, 0.3) is 5.91 Å². The largest absolute Gasteiger partial charge is 0.507 e. The maximum Gasteiger partial charge on any atom is 0.339 e. The second-order valence-electron chi connectivity index (χ2n) is 5.64. The normalized spacial score (nSPS) is 10.5. The number of thiophene rings is 1. The van der Waals surface area contributed by atoms with Gasteiger partial charge in [0.1, 0.15) is 16.3 Å². The van der Waals surface area contributed by atoms with Crippen LogP contribution in [-0.2, 0) is 0 Å². The summed E-state index contributed by atoms with van der Waals surface area (Å²) in [5, 5.41) is 24.5. The number of phenols is 1. The number of hydrogen-bond acceptors (Lipinski definition) is 4. The molecule has 0 saturated carbocycles. The molecule has 1 aromatic heterocycles. The third kappa shape index (κ3) is 3.56. The van der Waals surface area contributed by atoms with E-state index >= 15 is 0 Å². The topological polar surface area (TPSA) is 86.6 Å². The lowest BCUT2D eigenvalue weighted by Gasteiger charge is -2.08. The fourth-order valence-electron chi connectivity index (χ4n) is 2.51. The van der Waals surface area contributed by atoms with Crippen LogP contribution in [0.4, 0.5) is 5.00 Å². The van der Waals surface area contributed by atoms with Crippen LogP contribution in [0.25, 0.3) is 11.1 Å². The van der Waals surface area contributed by atoms with Crippen LogP contribution in [0.2, 0.25) is 5.02 Å². The highest BCUT2D eigenvalue weighted by molar-refractivity contribution is 7.15. The molecule has 1 heterocycles. The van der Waals surface area contributed by atoms with Gasteiger partial charge in [-0.1, -0.05) is 35.4 Å². The fraction of sp³-hybridized carbons (Fsp3) is 0.0526. The van der Waals surface area contributed by atoms with Gasteiger partial charge in [0.2, 0.25) is 0 Å². The summed E-state index contributed by atoms with van der Waals surface area (Å²) in [6, 6.07) is 11.4. The molecule has 7 heteroatoms. The van der Waals surface area contributed by atoms with Crippen LogP contribution < -0.4 is 5.32 Å². The Balaban J connectivity index is 1.98. The summed E-state index contributed by atoms with van der Waals surface area (Å²) in [6.45, 7) is 1.79. The minimum Gasteiger partial charge on any atom is -0.507 e. The molecular weight excluding hydrogens is 374 g/mol. The molecule has 2 aromatic carbocycles. The third-order valence-electron chi connectivity index (χ3n) is 3.78. The van der Waals surface area contributed by atoms with Gasteiger partial charge in [-0.25, -0.2) is 4.79 Å². The van der Waals surface area contributed by atoms with Crippen molar-refractivity contribution in [3.63, 3.8) is 0 Å². The molecule has 3 N–H and O–H groups in total. The van der Waals surface area contributed by atoms with E-state index < -0.39 is 11.9 Å². The van der Waals surface area contributed by atoms with Gasteiger partial charge in [-0.15, -0.1) is 11.3 Å². The lowest BCUT2D eigenvalue weighted by molar-refractivity contribution is 0.0699. The van der Waals surface area contributed by atoms with Crippen LogP contribution in [-0.4, -0.2) is 22.1 Å². The third-order valence-corrected chi connectivity index (χ3v) is 4.93. The van der Waals surface area contributed by atoms with E-state index in [9.17, 15) is 19.8 Å². The highest BCUT2D eigenvalue weighted by Crippen LogP contribution is 2.36. The number of amides is 1. The Kier molecular flexibility index (Phi) is 4.97. The molecular formula is C19H14ClNO4S. The molecule has 26 heavy (non-hydrogen) atoms. The van der Waals surface area contributed by atoms with E-state index in [0.29, 0.717) is 16.1 Å². The molecule has 0 aliphatic rings. The van der Waals surface area contributed by atoms with Crippen LogP contribution in [0.15, 0.2) is 47.8 Å². The van der Waals surface area contributed by atoms with E-state index in [0.717, 1.165) is 16.9 Å². The Labute approximate surface area is 158 Å². The number of carbonyl (C=O) groups excluding carboxylic acids is 1. The van der Waals surface area contributed by atoms with Crippen LogP contribution in [0.1, 0.15) is 26.3 Å². The molecule has 0 aliphatic heterocycles. The Hall–Kier alpha value is -2.83. The van der Waals surface area contributed by atoms with Gasteiger partial charge in [-0.2, -0.15) is 0 Å². The van der Waals surface area contributed by atoms with Gasteiger partial charge < -0.3 is 15.5 Å². The summed E-state index contributed by atoms with van der Waals surface area (Å²) >= 11 is 6.99. The monoisotopic (exact) mass is 387 g/mol. The van der Waals surface area contributed by atoms with Crippen molar-refractivity contribution in [2.45, 2.75) is 6.92 Å². The van der Waals surface area contributed by atoms with Gasteiger partial charge in [0.15, 0.2) is 0 Å². The van der Waals surface area contributed by atoms with E-state index in [-0.39, 0.29) is 21.9 Å². The molecule has 3 aromatic rings. The van der Waals surface area contributed by atoms with Crippen LogP contribution >= 0.6 is 22.9 Å². The molecule has 0 saturated heterocycles. The number of aromatic carboxylic acids is 1. The molecule has 0 aliphatic carbocycles. The summed E-state index contributed by atoms with van der Waals surface area (Å²) < 4.78 is 0. The van der Waals surface area contributed by atoms with E-state index in [1.807, 2.05) is 0 Å². The van der Waals surface area contributed by atoms with Gasteiger partial charge in [0, 0.05) is 16.0 Å². The smallest absolute Gasteiger partial charge is 0.339 e. The number of anilines is 1. The number of phenolic OH excluding ortho intramolecular Hbond substituents is 1. The van der Waals surface area contributed by atoms with Crippen LogP contribution in [0, 0.1) is 6.92 Å². The zero-order chi connectivity index (χ0) is 18.8. The van der Waals surface area contributed by atoms with Crippen molar-refractivity contribution < 1.29 is 19.8 Å². The Morgan fingerprint density at radius 2 is 1.81 bits per heavy atom. The number of halogens is 1. The van der Waals surface area contributed by atoms with Gasteiger partial charge in [-0.05, 0) is 36.8 Å². The van der Waals surface area contributed by atoms with Crippen molar-refractivity contribution in [3.8, 4) is 16.9 Å². The summed E-state index contributed by atoms with van der Waals surface area (Å²) in [7, 11) is 0. The van der Waals surface area contributed by atoms with Crippen molar-refractivity contribution in [2.75, 3.05) is 5.32 Å². The number of benzene rings is 2. The highest BCUT2D eigenvalue weighted by atomic mass is 35.5. The van der Waals surface area contributed by atoms with Crippen LogP contribution in [0.3, 0.4) is 0 Å². The maximum atomic E-state index is 12.5. The average Bonchev–Trinajstić information content (AvgIpc) is 3.01. The van der Waals surface area contributed by atoms with E-state index in [2.05, 4.69) is 5.32 Å². The van der Waals surface area contributed by atoms with Crippen molar-refractivity contribution in [1.29, 1.82) is 0 Å². The lowest BCUT2D eigenvalue weighted by atomic mass is 10.0. The zero-order valence-corrected chi connectivity index (χ0v) is 15.2. The summed E-state index contributed by atoms with van der Waals surface area (Å²) in [6.07, 6.45) is 0. The van der Waals surface area contributed by atoms with Crippen LogP contribution in [0.5, 0.6) is 5.75 Å². The summed E-state index contributed by atoms with van der Waals surface area (Å²) in [5.74, 6) is -1.89. The number of carboxylic acid groups (broad SMARTS) is 1. The van der Waals surface area contributed by atoms with E-state index in [4.69, 9.17) is 11.6 Å². The molecule has 0 bridgehead atoms. The molecule has 0 atom stereocenters. The Bertz CT molecular complexity index is 995. The average molecular weight is 388 g/mol. The molecule has 132 valence electrons. The van der Waals surface area contributed by atoms with Crippen molar-refractivity contribution in [3.05, 3.63) is 69.6 Å². The van der Waals surface area contributed by atoms with Gasteiger partial charge in [0.05, 0.1) is 5.56 Å². The first-order valence-electron chi connectivity index (χ1n) is 7.58. The summed E-state index contributed by atoms with van der Waals surface area (Å²) in [5.41, 5.74) is 2.06. The molecule has 5 nitrogen and oxygen atoms in total. The number of hydrogen-bond donors (Lipinski definition) is 3. The zero-order valence-electron chi connectivity index (χ0n) is 13.6. The number of rotatable bonds is 4. The molecule has 0 unspecified atom stereocenters. The van der Waals surface area contributed by atoms with Crippen molar-refractivity contribution in [2.24, 2.45) is 0 Å². The maximum absolute atomic E-state index is 12.5. The molecule has 0 radical (unpaired) electrons. The molecule has 1 amide bonds. The predicted octanol–water partition coefficient (Wildman–Crippen LogP) is 5.03. The number of carbonyl (C=O) groups is 2. The number of aromatic hydroxyl groups is 1. The first-order valence-corrected chi connectivity index (χ1v) is 8.84. The van der Waals surface area contributed by atoms with Gasteiger partial charge >= 0.3 is 5.97 Å².